The van der Waals surface area contributed by atoms with Gasteiger partial charge in [-0.05, 0) is 31.4 Å². The first-order chi connectivity index (χ1) is 6.69. The Labute approximate surface area is 85.6 Å². The molecule has 0 radical (unpaired) electrons. The molecule has 3 N–H and O–H groups in total. The number of hydrogen-bond donors (Lipinski definition) is 2. The van der Waals surface area contributed by atoms with Gasteiger partial charge in [0.1, 0.15) is 11.5 Å². The maximum atomic E-state index is 5.56. The summed E-state index contributed by atoms with van der Waals surface area (Å²) in [5.41, 5.74) is 2.82. The summed E-state index contributed by atoms with van der Waals surface area (Å²) in [6.45, 7) is 6.31. The normalized spacial score (nSPS) is 15.4. The number of nitrogens with two attached hydrogens (primary N) is 1. The Balaban J connectivity index is 2.71. The maximum Gasteiger partial charge on any atom is 0.122 e. The molecule has 1 heterocycles. The van der Waals surface area contributed by atoms with Gasteiger partial charge in [-0.15, -0.1) is 0 Å². The predicted octanol–water partition coefficient (Wildman–Crippen LogP) is 2.53. The van der Waals surface area contributed by atoms with Crippen LogP contribution in [0.3, 0.4) is 0 Å². The van der Waals surface area contributed by atoms with Gasteiger partial charge in [-0.25, -0.2) is 5.43 Å². The Kier molecular flexibility index (Phi) is 4.17. The number of aryl methyl sites for hydroxylation is 1. The van der Waals surface area contributed by atoms with Gasteiger partial charge in [0.2, 0.25) is 0 Å². The minimum Gasteiger partial charge on any atom is -0.465 e. The summed E-state index contributed by atoms with van der Waals surface area (Å²) >= 11 is 0. The van der Waals surface area contributed by atoms with Gasteiger partial charge in [0, 0.05) is 0 Å². The van der Waals surface area contributed by atoms with Crippen molar-refractivity contribution in [3.63, 3.8) is 0 Å². The highest BCUT2D eigenvalue weighted by Crippen LogP contribution is 2.25. The summed E-state index contributed by atoms with van der Waals surface area (Å²) in [6, 6.07) is 4.09. The zero-order valence-corrected chi connectivity index (χ0v) is 9.21. The van der Waals surface area contributed by atoms with Crippen LogP contribution in [0.25, 0.3) is 0 Å². The summed E-state index contributed by atoms with van der Waals surface area (Å²) in [5.74, 6) is 7.90. The first-order valence-electron chi connectivity index (χ1n) is 5.21. The second-order valence-corrected chi connectivity index (χ2v) is 3.86. The summed E-state index contributed by atoms with van der Waals surface area (Å²) in [6.07, 6.45) is 2.31. The van der Waals surface area contributed by atoms with Crippen LogP contribution < -0.4 is 11.3 Å². The maximum absolute atomic E-state index is 5.56. The summed E-state index contributed by atoms with van der Waals surface area (Å²) in [7, 11) is 0. The highest BCUT2D eigenvalue weighted by Gasteiger charge is 2.19. The lowest BCUT2D eigenvalue weighted by Crippen LogP contribution is -2.32. The van der Waals surface area contributed by atoms with Crippen molar-refractivity contribution in [3.05, 3.63) is 23.7 Å². The summed E-state index contributed by atoms with van der Waals surface area (Å²) in [4.78, 5) is 0. The van der Waals surface area contributed by atoms with Crippen LogP contribution in [0, 0.1) is 12.8 Å². The highest BCUT2D eigenvalue weighted by molar-refractivity contribution is 5.10. The first-order valence-corrected chi connectivity index (χ1v) is 5.21. The number of furan rings is 1. The number of hydrogen-bond acceptors (Lipinski definition) is 3. The van der Waals surface area contributed by atoms with Crippen molar-refractivity contribution in [2.75, 3.05) is 0 Å². The van der Waals surface area contributed by atoms with E-state index in [0.717, 1.165) is 17.9 Å². The standard InChI is InChI=1S/C11H20N2O/c1-4-5-8(2)11(13-12)10-7-6-9(3)14-10/h6-8,11,13H,4-5,12H2,1-3H3. The Hall–Kier alpha value is -0.800. The second-order valence-electron chi connectivity index (χ2n) is 3.86. The van der Waals surface area contributed by atoms with Gasteiger partial charge in [0.05, 0.1) is 6.04 Å². The molecule has 0 bridgehead atoms. The fraction of sp³-hybridized carbons (Fsp3) is 0.636. The van der Waals surface area contributed by atoms with Crippen LogP contribution in [0.15, 0.2) is 16.5 Å². The second kappa shape index (κ2) is 5.17. The van der Waals surface area contributed by atoms with E-state index in [9.17, 15) is 0 Å². The molecule has 0 aliphatic carbocycles. The van der Waals surface area contributed by atoms with Crippen molar-refractivity contribution in [2.45, 2.75) is 39.7 Å². The molecule has 3 nitrogen and oxygen atoms in total. The van der Waals surface area contributed by atoms with Gasteiger partial charge in [-0.1, -0.05) is 20.3 Å². The molecule has 1 aromatic heterocycles. The molecule has 3 heteroatoms. The number of hydrazine groups is 1. The van der Waals surface area contributed by atoms with Crippen molar-refractivity contribution >= 4 is 0 Å². The SMILES string of the molecule is CCCC(C)C(NN)c1ccc(C)o1. The molecular weight excluding hydrogens is 176 g/mol. The van der Waals surface area contributed by atoms with Crippen molar-refractivity contribution < 1.29 is 4.42 Å². The van der Waals surface area contributed by atoms with Crippen molar-refractivity contribution in [1.29, 1.82) is 0 Å². The Morgan fingerprint density at radius 1 is 1.50 bits per heavy atom. The third-order valence-electron chi connectivity index (χ3n) is 2.56. The van der Waals surface area contributed by atoms with Crippen LogP contribution in [0.4, 0.5) is 0 Å². The quantitative estimate of drug-likeness (QED) is 0.562. The number of nitrogens with one attached hydrogen (secondary N) is 1. The van der Waals surface area contributed by atoms with Crippen molar-refractivity contribution in [2.24, 2.45) is 11.8 Å². The van der Waals surface area contributed by atoms with E-state index in [1.807, 2.05) is 19.1 Å². The van der Waals surface area contributed by atoms with E-state index in [-0.39, 0.29) is 6.04 Å². The molecule has 0 aromatic carbocycles. The first kappa shape index (κ1) is 11.3. The minimum atomic E-state index is 0.128. The fourth-order valence-corrected chi connectivity index (χ4v) is 1.77. The highest BCUT2D eigenvalue weighted by atomic mass is 16.3. The third kappa shape index (κ3) is 2.59. The molecule has 14 heavy (non-hydrogen) atoms. The van der Waals surface area contributed by atoms with Crippen LogP contribution in [0.1, 0.15) is 44.3 Å². The van der Waals surface area contributed by atoms with Crippen LogP contribution >= 0.6 is 0 Å². The molecule has 80 valence electrons. The van der Waals surface area contributed by atoms with Crippen molar-refractivity contribution in [3.8, 4) is 0 Å². The molecule has 0 amide bonds. The van der Waals surface area contributed by atoms with Crippen molar-refractivity contribution in [1.82, 2.24) is 5.43 Å². The zero-order chi connectivity index (χ0) is 10.6. The van der Waals surface area contributed by atoms with Crippen LogP contribution in [0.5, 0.6) is 0 Å². The largest absolute Gasteiger partial charge is 0.465 e. The Bertz CT molecular complexity index is 270. The lowest BCUT2D eigenvalue weighted by Gasteiger charge is -2.20. The van der Waals surface area contributed by atoms with E-state index >= 15 is 0 Å². The summed E-state index contributed by atoms with van der Waals surface area (Å²) in [5, 5.41) is 0. The molecule has 0 fully saturated rings. The molecule has 0 saturated carbocycles. The molecule has 0 spiro atoms. The van der Waals surface area contributed by atoms with E-state index in [1.165, 1.54) is 6.42 Å². The molecular formula is C11H20N2O. The third-order valence-corrected chi connectivity index (χ3v) is 2.56. The van der Waals surface area contributed by atoms with Gasteiger partial charge in [0.25, 0.3) is 0 Å². The molecule has 0 aliphatic rings. The van der Waals surface area contributed by atoms with Crippen LogP contribution in [-0.4, -0.2) is 0 Å². The minimum absolute atomic E-state index is 0.128. The van der Waals surface area contributed by atoms with Gasteiger partial charge in [0.15, 0.2) is 0 Å². The number of rotatable bonds is 5. The van der Waals surface area contributed by atoms with E-state index in [1.54, 1.807) is 0 Å². The van der Waals surface area contributed by atoms with Crippen LogP contribution in [0.2, 0.25) is 0 Å². The van der Waals surface area contributed by atoms with Gasteiger partial charge in [-0.2, -0.15) is 0 Å². The molecule has 2 atom stereocenters. The van der Waals surface area contributed by atoms with E-state index < -0.39 is 0 Å². The monoisotopic (exact) mass is 196 g/mol. The molecule has 0 aliphatic heterocycles. The van der Waals surface area contributed by atoms with E-state index in [0.29, 0.717) is 5.92 Å². The van der Waals surface area contributed by atoms with Gasteiger partial charge >= 0.3 is 0 Å². The van der Waals surface area contributed by atoms with E-state index in [4.69, 9.17) is 10.3 Å². The average molecular weight is 196 g/mol. The lowest BCUT2D eigenvalue weighted by molar-refractivity contribution is 0.309. The Morgan fingerprint density at radius 2 is 2.21 bits per heavy atom. The molecule has 1 rings (SSSR count). The predicted molar refractivity (Wildman–Crippen MR) is 57.6 cm³/mol. The smallest absolute Gasteiger partial charge is 0.122 e. The molecule has 1 aromatic rings. The Morgan fingerprint density at radius 3 is 2.64 bits per heavy atom. The lowest BCUT2D eigenvalue weighted by atomic mass is 9.96. The van der Waals surface area contributed by atoms with Gasteiger partial charge in [-0.3, -0.25) is 5.84 Å². The van der Waals surface area contributed by atoms with E-state index in [2.05, 4.69) is 19.3 Å². The molecule has 2 unspecified atom stereocenters. The zero-order valence-electron chi connectivity index (χ0n) is 9.21. The summed E-state index contributed by atoms with van der Waals surface area (Å²) < 4.78 is 5.56. The average Bonchev–Trinajstić information content (AvgIpc) is 2.54. The van der Waals surface area contributed by atoms with Crippen LogP contribution in [-0.2, 0) is 0 Å². The fourth-order valence-electron chi connectivity index (χ4n) is 1.77. The topological polar surface area (TPSA) is 51.2 Å². The van der Waals surface area contributed by atoms with Gasteiger partial charge < -0.3 is 4.42 Å². The molecule has 0 saturated heterocycles.